The molecular weight excluding hydrogens is 412 g/mol. The molecule has 32 heavy (non-hydrogen) atoms. The predicted molar refractivity (Wildman–Crippen MR) is 119 cm³/mol. The van der Waals surface area contributed by atoms with Crippen molar-refractivity contribution in [2.45, 2.75) is 13.0 Å². The number of carbonyl (C=O) groups is 1. The molecule has 0 spiro atoms. The topological polar surface area (TPSA) is 69.7 Å². The fourth-order valence-electron chi connectivity index (χ4n) is 4.03. The normalized spacial score (nSPS) is 16.7. The summed E-state index contributed by atoms with van der Waals surface area (Å²) in [6, 6.07) is 11.6. The van der Waals surface area contributed by atoms with Crippen molar-refractivity contribution in [2.24, 2.45) is 0 Å². The van der Waals surface area contributed by atoms with E-state index in [1.165, 1.54) is 0 Å². The Balaban J connectivity index is 1.36. The van der Waals surface area contributed by atoms with Gasteiger partial charge in [0.1, 0.15) is 6.61 Å². The summed E-state index contributed by atoms with van der Waals surface area (Å²) in [4.78, 5) is 17.2. The highest BCUT2D eigenvalue weighted by Gasteiger charge is 2.27. The number of methoxy groups -OCH3 is 2. The summed E-state index contributed by atoms with van der Waals surface area (Å²) in [6.07, 6.45) is 0. The molecule has 0 aromatic heterocycles. The van der Waals surface area contributed by atoms with Gasteiger partial charge in [-0.1, -0.05) is 6.07 Å². The minimum Gasteiger partial charge on any atom is -0.493 e. The van der Waals surface area contributed by atoms with Gasteiger partial charge in [-0.3, -0.25) is 9.69 Å². The SMILES string of the molecule is COCCOc1ccc(C(C)N2CCN(C(=O)c3ccc4c(c3)OCO4)CC2)cc1OC. The van der Waals surface area contributed by atoms with Gasteiger partial charge in [0.25, 0.3) is 5.91 Å². The van der Waals surface area contributed by atoms with Gasteiger partial charge in [0.2, 0.25) is 6.79 Å². The molecule has 0 bridgehead atoms. The Morgan fingerprint density at radius 1 is 0.969 bits per heavy atom. The summed E-state index contributed by atoms with van der Waals surface area (Å²) < 4.78 is 27.0. The molecule has 2 aliphatic heterocycles. The molecule has 1 fully saturated rings. The van der Waals surface area contributed by atoms with E-state index in [0.717, 1.165) is 18.7 Å². The number of nitrogens with zero attached hydrogens (tertiary/aromatic N) is 2. The van der Waals surface area contributed by atoms with Crippen LogP contribution in [-0.2, 0) is 4.74 Å². The standard InChI is InChI=1S/C24H30N2O6/c1-17(18-4-6-20(22(14-18)29-3)30-13-12-28-2)25-8-10-26(11-9-25)24(27)19-5-7-21-23(15-19)32-16-31-21/h4-7,14-15,17H,8-13,16H2,1-3H3. The molecule has 1 atom stereocenters. The van der Waals surface area contributed by atoms with E-state index in [1.807, 2.05) is 17.0 Å². The van der Waals surface area contributed by atoms with E-state index >= 15 is 0 Å². The van der Waals surface area contributed by atoms with E-state index in [2.05, 4.69) is 17.9 Å². The lowest BCUT2D eigenvalue weighted by Gasteiger charge is -2.38. The van der Waals surface area contributed by atoms with Gasteiger partial charge in [0.15, 0.2) is 23.0 Å². The van der Waals surface area contributed by atoms with Gasteiger partial charge in [-0.05, 0) is 42.8 Å². The van der Waals surface area contributed by atoms with Crippen LogP contribution in [0.5, 0.6) is 23.0 Å². The minimum atomic E-state index is 0.0230. The van der Waals surface area contributed by atoms with Crippen LogP contribution in [0.2, 0.25) is 0 Å². The van der Waals surface area contributed by atoms with Gasteiger partial charge in [0.05, 0.1) is 13.7 Å². The molecule has 2 aromatic carbocycles. The van der Waals surface area contributed by atoms with E-state index in [9.17, 15) is 4.79 Å². The molecule has 1 unspecified atom stereocenters. The third-order valence-electron chi connectivity index (χ3n) is 5.98. The highest BCUT2D eigenvalue weighted by molar-refractivity contribution is 5.95. The molecule has 2 aliphatic rings. The number of benzene rings is 2. The number of ether oxygens (including phenoxy) is 5. The Morgan fingerprint density at radius 3 is 2.50 bits per heavy atom. The lowest BCUT2D eigenvalue weighted by Crippen LogP contribution is -2.49. The van der Waals surface area contributed by atoms with Crippen molar-refractivity contribution < 1.29 is 28.5 Å². The maximum absolute atomic E-state index is 12.9. The van der Waals surface area contributed by atoms with Gasteiger partial charge >= 0.3 is 0 Å². The fraction of sp³-hybridized carbons (Fsp3) is 0.458. The van der Waals surface area contributed by atoms with E-state index in [4.69, 9.17) is 23.7 Å². The highest BCUT2D eigenvalue weighted by atomic mass is 16.7. The average molecular weight is 443 g/mol. The lowest BCUT2D eigenvalue weighted by atomic mass is 10.0. The van der Waals surface area contributed by atoms with Gasteiger partial charge < -0.3 is 28.6 Å². The van der Waals surface area contributed by atoms with Crippen molar-refractivity contribution >= 4 is 5.91 Å². The molecule has 2 aromatic rings. The Morgan fingerprint density at radius 2 is 1.75 bits per heavy atom. The van der Waals surface area contributed by atoms with Gasteiger partial charge in [-0.2, -0.15) is 0 Å². The molecule has 2 heterocycles. The van der Waals surface area contributed by atoms with E-state index in [1.54, 1.807) is 32.4 Å². The zero-order valence-corrected chi connectivity index (χ0v) is 18.8. The highest BCUT2D eigenvalue weighted by Crippen LogP contribution is 2.34. The van der Waals surface area contributed by atoms with Crippen LogP contribution in [0.3, 0.4) is 0 Å². The summed E-state index contributed by atoms with van der Waals surface area (Å²) in [6.45, 7) is 6.32. The second-order valence-electron chi connectivity index (χ2n) is 7.82. The number of hydrogen-bond donors (Lipinski definition) is 0. The Kier molecular flexibility index (Phi) is 7.02. The van der Waals surface area contributed by atoms with E-state index < -0.39 is 0 Å². The molecule has 8 nitrogen and oxygen atoms in total. The molecule has 1 saturated heterocycles. The molecule has 0 saturated carbocycles. The van der Waals surface area contributed by atoms with Crippen LogP contribution < -0.4 is 18.9 Å². The average Bonchev–Trinajstić information content (AvgIpc) is 3.31. The molecule has 0 aliphatic carbocycles. The molecular formula is C24H30N2O6. The van der Waals surface area contributed by atoms with Crippen LogP contribution >= 0.6 is 0 Å². The maximum atomic E-state index is 12.9. The van der Waals surface area contributed by atoms with Gasteiger partial charge in [-0.25, -0.2) is 0 Å². The maximum Gasteiger partial charge on any atom is 0.254 e. The summed E-state index contributed by atoms with van der Waals surface area (Å²) in [7, 11) is 3.29. The van der Waals surface area contributed by atoms with E-state index in [0.29, 0.717) is 54.9 Å². The number of carbonyl (C=O) groups excluding carboxylic acids is 1. The molecule has 1 amide bonds. The third kappa shape index (κ3) is 4.76. The second-order valence-corrected chi connectivity index (χ2v) is 7.82. The van der Waals surface area contributed by atoms with Gasteiger partial charge in [-0.15, -0.1) is 0 Å². The Bertz CT molecular complexity index is 942. The molecule has 8 heteroatoms. The molecule has 172 valence electrons. The summed E-state index contributed by atoms with van der Waals surface area (Å²) in [5.74, 6) is 2.76. The van der Waals surface area contributed by atoms with Crippen molar-refractivity contribution in [3.63, 3.8) is 0 Å². The van der Waals surface area contributed by atoms with Gasteiger partial charge in [0, 0.05) is 44.9 Å². The minimum absolute atomic E-state index is 0.0230. The van der Waals surface area contributed by atoms with Crippen molar-refractivity contribution in [1.29, 1.82) is 0 Å². The van der Waals surface area contributed by atoms with Crippen LogP contribution in [0.4, 0.5) is 0 Å². The monoisotopic (exact) mass is 442 g/mol. The zero-order chi connectivity index (χ0) is 22.5. The smallest absolute Gasteiger partial charge is 0.254 e. The van der Waals surface area contributed by atoms with E-state index in [-0.39, 0.29) is 18.7 Å². The van der Waals surface area contributed by atoms with Crippen LogP contribution in [-0.4, -0.2) is 76.1 Å². The quantitative estimate of drug-likeness (QED) is 0.582. The first-order valence-electron chi connectivity index (χ1n) is 10.8. The number of rotatable bonds is 8. The number of amides is 1. The van der Waals surface area contributed by atoms with Crippen LogP contribution in [0.15, 0.2) is 36.4 Å². The summed E-state index contributed by atoms with van der Waals surface area (Å²) in [5, 5.41) is 0. The molecule has 0 radical (unpaired) electrons. The zero-order valence-electron chi connectivity index (χ0n) is 18.8. The third-order valence-corrected chi connectivity index (χ3v) is 5.98. The fourth-order valence-corrected chi connectivity index (χ4v) is 4.03. The molecule has 0 N–H and O–H groups in total. The Labute approximate surface area is 188 Å². The number of hydrogen-bond acceptors (Lipinski definition) is 7. The second kappa shape index (κ2) is 10.1. The Hall–Kier alpha value is -2.97. The van der Waals surface area contributed by atoms with Crippen LogP contribution in [0, 0.1) is 0 Å². The van der Waals surface area contributed by atoms with Crippen molar-refractivity contribution in [1.82, 2.24) is 9.80 Å². The lowest BCUT2D eigenvalue weighted by molar-refractivity contribution is 0.0581. The van der Waals surface area contributed by atoms with Crippen molar-refractivity contribution in [3.8, 4) is 23.0 Å². The van der Waals surface area contributed by atoms with Crippen LogP contribution in [0.1, 0.15) is 28.9 Å². The van der Waals surface area contributed by atoms with Crippen molar-refractivity contribution in [3.05, 3.63) is 47.5 Å². The van der Waals surface area contributed by atoms with Crippen molar-refractivity contribution in [2.75, 3.05) is 60.4 Å². The first-order chi connectivity index (χ1) is 15.6. The summed E-state index contributed by atoms with van der Waals surface area (Å²) >= 11 is 0. The first kappa shape index (κ1) is 22.2. The number of fused-ring (bicyclic) bond motifs is 1. The largest absolute Gasteiger partial charge is 0.493 e. The predicted octanol–water partition coefficient (Wildman–Crippen LogP) is 2.97. The number of piperazine rings is 1. The molecule has 4 rings (SSSR count). The summed E-state index contributed by atoms with van der Waals surface area (Å²) in [5.41, 5.74) is 1.78. The first-order valence-corrected chi connectivity index (χ1v) is 10.8. The van der Waals surface area contributed by atoms with Crippen LogP contribution in [0.25, 0.3) is 0 Å².